The van der Waals surface area contributed by atoms with Gasteiger partial charge in [0.1, 0.15) is 0 Å². The van der Waals surface area contributed by atoms with Crippen LogP contribution in [-0.2, 0) is 38.7 Å². The molecular formula is C73H101B2CuLaN14O4. The van der Waals surface area contributed by atoms with E-state index in [-0.39, 0.29) is 111 Å². The molecule has 0 fully saturated rings. The Labute approximate surface area is 605 Å². The molecule has 9 rings (SSSR count). The third-order valence-electron chi connectivity index (χ3n) is 16.0. The van der Waals surface area contributed by atoms with Crippen molar-refractivity contribution in [2.75, 3.05) is 0 Å². The molecule has 0 atom stereocenters. The smallest absolute Gasteiger partial charge is 0.872 e. The van der Waals surface area contributed by atoms with Crippen molar-refractivity contribution < 1.29 is 72.8 Å². The van der Waals surface area contributed by atoms with Crippen LogP contribution in [0.2, 0.25) is 0 Å². The molecule has 0 aliphatic rings. The van der Waals surface area contributed by atoms with Gasteiger partial charge in [0, 0.05) is 12.4 Å². The number of aromatic nitrogens is 12. The van der Waals surface area contributed by atoms with E-state index in [1.807, 2.05) is 135 Å². The fraction of sp³-hybridized carbons (Fsp3) is 0.466. The van der Waals surface area contributed by atoms with Crippen molar-refractivity contribution in [3.05, 3.63) is 186 Å². The van der Waals surface area contributed by atoms with Crippen LogP contribution in [0, 0.1) is 119 Å². The predicted octanol–water partition coefficient (Wildman–Crippen LogP) is 13.6. The molecule has 9 aromatic rings. The summed E-state index contributed by atoms with van der Waals surface area (Å²) >= 11 is 0. The zero-order chi connectivity index (χ0) is 69.6. The van der Waals surface area contributed by atoms with Crippen LogP contribution in [0.3, 0.4) is 0 Å². The van der Waals surface area contributed by atoms with Gasteiger partial charge < -0.3 is 47.7 Å². The minimum atomic E-state index is -1.35. The second kappa shape index (κ2) is 32.9. The van der Waals surface area contributed by atoms with E-state index in [9.17, 15) is 20.1 Å². The van der Waals surface area contributed by atoms with Crippen LogP contribution in [0.25, 0.3) is 0 Å². The molecule has 0 bridgehead atoms. The summed E-state index contributed by atoms with van der Waals surface area (Å²) in [5, 5.41) is 66.6. The largest absolute Gasteiger partial charge is 3.00 e. The van der Waals surface area contributed by atoms with Gasteiger partial charge in [-0.05, 0) is 226 Å². The monoisotopic (exact) mass is 1460 g/mol. The topological polar surface area (TPSA) is 218 Å². The molecule has 0 aliphatic heterocycles. The van der Waals surface area contributed by atoms with Crippen LogP contribution in [0.15, 0.2) is 88.8 Å². The van der Waals surface area contributed by atoms with Gasteiger partial charge in [-0.2, -0.15) is 0 Å². The number of carboxylic acids is 1. The molecule has 18 nitrogen and oxygen atoms in total. The Hall–Kier alpha value is -6.83. The Bertz CT molecular complexity index is 3770. The van der Waals surface area contributed by atoms with Crippen molar-refractivity contribution >= 4 is 44.0 Å². The van der Waals surface area contributed by atoms with Gasteiger partial charge in [-0.15, -0.1) is 0 Å². The molecule has 0 aliphatic carbocycles. The molecule has 0 saturated heterocycles. The summed E-state index contributed by atoms with van der Waals surface area (Å²) in [6, 6.07) is 24.4. The van der Waals surface area contributed by atoms with E-state index in [1.165, 1.54) is 56.3 Å². The quantitative estimate of drug-likeness (QED) is 0.0569. The number of aliphatic imine (C=N–C) groups is 2. The Morgan fingerprint density at radius 2 is 0.684 bits per heavy atom. The fourth-order valence-electron chi connectivity index (χ4n) is 11.0. The Kier molecular flexibility index (Phi) is 28.0. The van der Waals surface area contributed by atoms with Crippen molar-refractivity contribution in [1.82, 2.24) is 58.1 Å². The van der Waals surface area contributed by atoms with Crippen LogP contribution in [0.4, 0.5) is 11.4 Å². The molecule has 0 saturated carbocycles. The van der Waals surface area contributed by atoms with Crippen LogP contribution in [-0.4, -0.2) is 90.8 Å². The molecule has 0 amide bonds. The van der Waals surface area contributed by atoms with Crippen LogP contribution >= 0.6 is 0 Å². The summed E-state index contributed by atoms with van der Waals surface area (Å²) in [6.07, 6.45) is 8.52. The van der Waals surface area contributed by atoms with Crippen molar-refractivity contribution in [2.24, 2.45) is 9.98 Å². The maximum atomic E-state index is 13.5. The zero-order valence-electron chi connectivity index (χ0n) is 61.4. The number of hydrogen-bond acceptors (Lipinski definition) is 12. The zero-order valence-corrected chi connectivity index (χ0v) is 66.0. The maximum absolute atomic E-state index is 13.5. The first kappa shape index (κ1) is 80.6. The Balaban J connectivity index is 0.000000310. The first-order chi connectivity index (χ1) is 43.1. The number of carbonyl (C=O) groups excluding carboxylic acids is 1. The maximum Gasteiger partial charge on any atom is 3.00 e. The van der Waals surface area contributed by atoms with E-state index >= 15 is 0 Å². The van der Waals surface area contributed by atoms with Gasteiger partial charge in [0.25, 0.3) is 14.2 Å². The third kappa shape index (κ3) is 20.6. The molecule has 6 aromatic heterocycles. The van der Waals surface area contributed by atoms with Crippen molar-refractivity contribution in [3.8, 4) is 11.5 Å². The van der Waals surface area contributed by atoms with Gasteiger partial charge in [-0.3, -0.25) is 9.98 Å². The van der Waals surface area contributed by atoms with Gasteiger partial charge in [-0.25, -0.2) is 30.6 Å². The minimum Gasteiger partial charge on any atom is -0.872 e. The Morgan fingerprint density at radius 3 is 0.895 bits per heavy atom. The molecule has 95 heavy (non-hydrogen) atoms. The number of unbranched alkanes of at least 4 members (excludes halogenated alkanes) is 3. The first-order valence-electron chi connectivity index (χ1n) is 32.5. The molecule has 22 heteroatoms. The summed E-state index contributed by atoms with van der Waals surface area (Å²) in [5.41, 5.74) is 16.1. The van der Waals surface area contributed by atoms with E-state index in [0.29, 0.717) is 27.9 Å². The minimum absolute atomic E-state index is 0. The molecule has 0 spiro atoms. The van der Waals surface area contributed by atoms with Crippen molar-refractivity contribution in [3.63, 3.8) is 0 Å². The summed E-state index contributed by atoms with van der Waals surface area (Å²) in [4.78, 5) is 20.9. The van der Waals surface area contributed by atoms with Gasteiger partial charge >= 0.3 is 52.7 Å². The average Bonchev–Trinajstić information content (AvgIpc) is 1.78. The third-order valence-corrected chi connectivity index (χ3v) is 16.0. The van der Waals surface area contributed by atoms with Gasteiger partial charge in [0.15, 0.2) is 0 Å². The summed E-state index contributed by atoms with van der Waals surface area (Å²) in [7, 11) is -0.452. The van der Waals surface area contributed by atoms with E-state index in [1.54, 1.807) is 0 Å². The second-order valence-corrected chi connectivity index (χ2v) is 29.0. The van der Waals surface area contributed by atoms with E-state index in [0.717, 1.165) is 79.5 Å². The number of aryl methyl sites for hydroxylation is 12. The molecule has 6 heterocycles. The molecule has 507 valence electrons. The number of nitrogens with zero attached hydrogens (tertiary/aromatic N) is 14. The normalized spacial score (nSPS) is 12.0. The molecule has 0 unspecified atom stereocenters. The molecular weight excluding hydrogens is 1360 g/mol. The first-order valence-corrected chi connectivity index (χ1v) is 32.5. The van der Waals surface area contributed by atoms with Gasteiger partial charge in [0.05, 0.1) is 51.5 Å². The van der Waals surface area contributed by atoms with Crippen LogP contribution in [0.1, 0.15) is 235 Å². The standard InChI is InChI=1S/C37H48N2O4.2C15H21BN6.C6H14.Cu.La/c1-34(2,3)25-15-23(31(40)27(18-25)36(7,8)9)20-38-29-14-13-22(33(42)43)17-30(29)39-21-24-16-26(35(4,5)6)19-28(32(24)41)37(10,11)12;2*1-10-7-13(4)20(17-10)16(21-14(5)8-11(2)18-21)22-15(6)9-12(3)19-22;1-3-5-6-4-2;;/h13-21,40-41H,1-12H3,(H,42,43);2*7-9H,1-6H3;3-6H2,1-2H3;;/q;2*-1;;+2;+3/p-3. The van der Waals surface area contributed by atoms with E-state index < -0.39 is 5.97 Å². The number of rotatable bonds is 14. The van der Waals surface area contributed by atoms with Crippen molar-refractivity contribution in [1.29, 1.82) is 0 Å². The van der Waals surface area contributed by atoms with E-state index in [2.05, 4.69) is 174 Å². The van der Waals surface area contributed by atoms with Gasteiger partial charge in [-0.1, -0.05) is 164 Å². The van der Waals surface area contributed by atoms with Crippen molar-refractivity contribution in [2.45, 2.75) is 227 Å². The van der Waals surface area contributed by atoms with E-state index in [4.69, 9.17) is 0 Å². The predicted molar refractivity (Wildman–Crippen MR) is 376 cm³/mol. The fourth-order valence-corrected chi connectivity index (χ4v) is 11.0. The number of aromatic carboxylic acids is 1. The molecule has 3 aromatic carbocycles. The SMILES string of the molecule is CC(C)(C)c1cc(C=Nc2ccc(C(=O)[O-])cc2N=Cc2cc(C(C)(C)C)cc(C(C)(C)C)c2[O-])c([O-])c(C(C)(C)C)c1.CCCCCC.Cc1cc(C)n([B-](n2nc(C)cc2C)n2nc(C)cc2C)n1.Cc1cc(C)n([B-](n2nc(C)cc2C)n2nc(C)cc2C)n1.[Cu+2].[La+3]. The number of benzene rings is 3. The molecule has 0 N–H and O–H groups in total. The number of carbonyl (C=O) groups is 1. The van der Waals surface area contributed by atoms with Crippen LogP contribution < -0.4 is 15.3 Å². The summed E-state index contributed by atoms with van der Waals surface area (Å²) in [6.45, 7) is 53.4. The Morgan fingerprint density at radius 1 is 0.421 bits per heavy atom. The molecule has 3 radical (unpaired) electrons. The summed E-state index contributed by atoms with van der Waals surface area (Å²) in [5.74, 6) is -1.59. The second-order valence-electron chi connectivity index (χ2n) is 29.0. The summed E-state index contributed by atoms with van der Waals surface area (Å²) < 4.78 is 11.9. The number of carboxylic acid groups (broad SMARTS) is 1. The average molecular weight is 1460 g/mol. The van der Waals surface area contributed by atoms with Crippen LogP contribution in [0.5, 0.6) is 11.5 Å². The number of hydrogen-bond donors (Lipinski definition) is 0. The van der Waals surface area contributed by atoms with Gasteiger partial charge in [0.2, 0.25) is 0 Å².